The Hall–Kier alpha value is -4.52. The van der Waals surface area contributed by atoms with Crippen LogP contribution in [0.1, 0.15) is 65.7 Å². The van der Waals surface area contributed by atoms with Gasteiger partial charge in [-0.2, -0.15) is 0 Å². The SMILES string of the molecule is CC(C)(C)OC(=O)N[C@@H]1CCCCC/C=C\C2CC2(C(=O)O)NC(=O)C2C[C@@H](Oc3nc4ccccc4nc3-c3cccs3)CN2C1=O. The Bertz CT molecular complexity index is 1720. The highest BCUT2D eigenvalue weighted by atomic mass is 32.1. The number of hydrogen-bond acceptors (Lipinski definition) is 9. The van der Waals surface area contributed by atoms with Gasteiger partial charge in [-0.3, -0.25) is 9.59 Å². The van der Waals surface area contributed by atoms with Crippen LogP contribution in [0.5, 0.6) is 5.88 Å². The summed E-state index contributed by atoms with van der Waals surface area (Å²) in [4.78, 5) is 65.5. The standard InChI is InChI=1S/C35H41N5O7S/c1-34(2,3)47-33(45)38-25-15-8-6-4-5-7-12-21-19-35(21,32(43)44)39-29(41)26-18-22(20-40(26)31(25)42)46-30-28(27-16-11-17-48-27)36-23-13-9-10-14-24(23)37-30/h7,9-14,16-17,21-22,25-26H,4-6,8,15,18-20H2,1-3H3,(H,38,45)(H,39,41)(H,43,44)/b12-7-/t21?,22-,25-,26?,35?/m1/s1. The monoisotopic (exact) mass is 675 g/mol. The number of aliphatic carboxylic acids is 1. The molecule has 0 radical (unpaired) electrons. The number of carboxylic acid groups (broad SMARTS) is 1. The second kappa shape index (κ2) is 13.5. The van der Waals surface area contributed by atoms with Gasteiger partial charge in [0.05, 0.1) is 22.5 Å². The Morgan fingerprint density at radius 2 is 1.85 bits per heavy atom. The minimum absolute atomic E-state index is 0.0191. The summed E-state index contributed by atoms with van der Waals surface area (Å²) < 4.78 is 12.0. The van der Waals surface area contributed by atoms with Crippen LogP contribution in [0.15, 0.2) is 53.9 Å². The van der Waals surface area contributed by atoms with E-state index < -0.39 is 53.2 Å². The van der Waals surface area contributed by atoms with Gasteiger partial charge >= 0.3 is 12.1 Å². The van der Waals surface area contributed by atoms with Crippen LogP contribution in [0.4, 0.5) is 4.79 Å². The number of thiophene rings is 1. The van der Waals surface area contributed by atoms with Crippen molar-refractivity contribution in [3.63, 3.8) is 0 Å². The van der Waals surface area contributed by atoms with Crippen LogP contribution in [-0.4, -0.2) is 79.7 Å². The summed E-state index contributed by atoms with van der Waals surface area (Å²) in [5.41, 5.74) is -0.337. The van der Waals surface area contributed by atoms with Gasteiger partial charge in [-0.1, -0.05) is 43.2 Å². The quantitative estimate of drug-likeness (QED) is 0.314. The van der Waals surface area contributed by atoms with E-state index >= 15 is 0 Å². The van der Waals surface area contributed by atoms with Crippen molar-refractivity contribution >= 4 is 46.2 Å². The molecule has 1 aromatic carbocycles. The maximum atomic E-state index is 14.3. The van der Waals surface area contributed by atoms with Gasteiger partial charge in [0.15, 0.2) is 0 Å². The van der Waals surface area contributed by atoms with Gasteiger partial charge < -0.3 is 30.1 Å². The smallest absolute Gasteiger partial charge is 0.408 e. The van der Waals surface area contributed by atoms with Crippen molar-refractivity contribution in [2.24, 2.45) is 5.92 Å². The predicted octanol–water partition coefficient (Wildman–Crippen LogP) is 5.08. The average Bonchev–Trinajstić information content (AvgIpc) is 3.34. The minimum atomic E-state index is -1.44. The van der Waals surface area contributed by atoms with Crippen molar-refractivity contribution in [3.8, 4) is 16.5 Å². The van der Waals surface area contributed by atoms with Crippen LogP contribution in [0.2, 0.25) is 0 Å². The summed E-state index contributed by atoms with van der Waals surface area (Å²) in [6.07, 6.45) is 6.18. The number of fused-ring (bicyclic) bond motifs is 3. The lowest BCUT2D eigenvalue weighted by Gasteiger charge is -2.30. The molecular weight excluding hydrogens is 634 g/mol. The number of allylic oxidation sites excluding steroid dienone is 1. The molecule has 5 atom stereocenters. The number of para-hydroxylation sites is 2. The molecule has 4 heterocycles. The number of amides is 3. The van der Waals surface area contributed by atoms with E-state index in [1.165, 1.54) is 16.2 Å². The third-order valence-electron chi connectivity index (χ3n) is 8.88. The van der Waals surface area contributed by atoms with E-state index in [9.17, 15) is 24.3 Å². The van der Waals surface area contributed by atoms with Crippen molar-refractivity contribution < 1.29 is 33.8 Å². The Labute approximate surface area is 282 Å². The summed E-state index contributed by atoms with van der Waals surface area (Å²) in [7, 11) is 0. The van der Waals surface area contributed by atoms with E-state index in [0.29, 0.717) is 29.6 Å². The summed E-state index contributed by atoms with van der Waals surface area (Å²) in [5.74, 6) is -2.23. The van der Waals surface area contributed by atoms with Crippen molar-refractivity contribution in [2.45, 2.75) is 95.0 Å². The Balaban J connectivity index is 1.32. The van der Waals surface area contributed by atoms with Gasteiger partial charge in [0, 0.05) is 12.3 Å². The summed E-state index contributed by atoms with van der Waals surface area (Å²) in [5, 5.41) is 17.6. The van der Waals surface area contributed by atoms with Crippen LogP contribution >= 0.6 is 11.3 Å². The predicted molar refractivity (Wildman–Crippen MR) is 179 cm³/mol. The second-order valence-corrected chi connectivity index (χ2v) is 14.6. The second-order valence-electron chi connectivity index (χ2n) is 13.7. The average molecular weight is 676 g/mol. The normalized spacial score (nSPS) is 27.1. The number of hydrogen-bond donors (Lipinski definition) is 3. The number of nitrogens with one attached hydrogen (secondary N) is 2. The van der Waals surface area contributed by atoms with E-state index in [4.69, 9.17) is 19.4 Å². The molecule has 1 saturated carbocycles. The third kappa shape index (κ3) is 7.30. The van der Waals surface area contributed by atoms with Crippen LogP contribution in [-0.2, 0) is 19.1 Å². The molecule has 2 aromatic heterocycles. The first kappa shape index (κ1) is 33.4. The number of nitrogens with zero attached hydrogens (tertiary/aromatic N) is 3. The highest BCUT2D eigenvalue weighted by molar-refractivity contribution is 7.13. The van der Waals surface area contributed by atoms with Gasteiger partial charge in [-0.15, -0.1) is 11.3 Å². The highest BCUT2D eigenvalue weighted by Gasteiger charge is 2.61. The number of carbonyl (C=O) groups excluding carboxylic acids is 3. The molecule has 1 aliphatic carbocycles. The van der Waals surface area contributed by atoms with Crippen molar-refractivity contribution in [1.29, 1.82) is 0 Å². The molecule has 6 rings (SSSR count). The first-order valence-corrected chi connectivity index (χ1v) is 17.3. The Morgan fingerprint density at radius 3 is 2.56 bits per heavy atom. The number of benzene rings is 1. The molecule has 3 N–H and O–H groups in total. The zero-order valence-electron chi connectivity index (χ0n) is 27.3. The first-order chi connectivity index (χ1) is 22.9. The third-order valence-corrected chi connectivity index (χ3v) is 9.76. The number of carboxylic acids is 1. The van der Waals surface area contributed by atoms with E-state index in [1.807, 2.05) is 53.9 Å². The molecule has 3 unspecified atom stereocenters. The zero-order chi connectivity index (χ0) is 34.1. The maximum Gasteiger partial charge on any atom is 0.408 e. The fourth-order valence-corrected chi connectivity index (χ4v) is 7.10. The zero-order valence-corrected chi connectivity index (χ0v) is 28.1. The first-order valence-electron chi connectivity index (χ1n) is 16.4. The molecule has 13 heteroatoms. The number of alkyl carbamates (subject to hydrolysis) is 1. The molecule has 0 spiro atoms. The van der Waals surface area contributed by atoms with Gasteiger partial charge in [0.1, 0.15) is 35.0 Å². The number of rotatable bonds is 5. The Morgan fingerprint density at radius 1 is 1.08 bits per heavy atom. The molecule has 3 aliphatic rings. The highest BCUT2D eigenvalue weighted by Crippen LogP contribution is 2.45. The molecule has 2 fully saturated rings. The van der Waals surface area contributed by atoms with E-state index in [1.54, 1.807) is 20.8 Å². The Kier molecular flexibility index (Phi) is 9.41. The van der Waals surface area contributed by atoms with E-state index in [-0.39, 0.29) is 31.2 Å². The summed E-state index contributed by atoms with van der Waals surface area (Å²) in [6, 6.07) is 9.27. The molecule has 12 nitrogen and oxygen atoms in total. The molecule has 1 saturated heterocycles. The fourth-order valence-electron chi connectivity index (χ4n) is 6.39. The number of carbonyl (C=O) groups is 4. The molecule has 2 aliphatic heterocycles. The van der Waals surface area contributed by atoms with Crippen molar-refractivity contribution in [1.82, 2.24) is 25.5 Å². The van der Waals surface area contributed by atoms with Crippen LogP contribution < -0.4 is 15.4 Å². The topological polar surface area (TPSA) is 160 Å². The molecule has 254 valence electrons. The molecule has 48 heavy (non-hydrogen) atoms. The molecule has 0 bridgehead atoms. The largest absolute Gasteiger partial charge is 0.479 e. The van der Waals surface area contributed by atoms with Crippen LogP contribution in [0.3, 0.4) is 0 Å². The van der Waals surface area contributed by atoms with Gasteiger partial charge in [0.25, 0.3) is 0 Å². The lowest BCUT2D eigenvalue weighted by molar-refractivity contribution is -0.145. The lowest BCUT2D eigenvalue weighted by atomic mass is 10.0. The molecule has 3 amide bonds. The van der Waals surface area contributed by atoms with E-state index in [2.05, 4.69) is 10.6 Å². The minimum Gasteiger partial charge on any atom is -0.479 e. The number of aromatic nitrogens is 2. The van der Waals surface area contributed by atoms with E-state index in [0.717, 1.165) is 24.1 Å². The fraction of sp³-hybridized carbons (Fsp3) is 0.486. The summed E-state index contributed by atoms with van der Waals surface area (Å²) in [6.45, 7) is 5.24. The van der Waals surface area contributed by atoms with Crippen molar-refractivity contribution in [3.05, 3.63) is 53.9 Å². The van der Waals surface area contributed by atoms with Crippen molar-refractivity contribution in [2.75, 3.05) is 6.54 Å². The molecule has 3 aromatic rings. The van der Waals surface area contributed by atoms with Crippen LogP contribution in [0, 0.1) is 5.92 Å². The lowest BCUT2D eigenvalue weighted by Crippen LogP contribution is -2.56. The van der Waals surface area contributed by atoms with Gasteiger partial charge in [-0.05, 0) is 70.0 Å². The van der Waals surface area contributed by atoms with Crippen LogP contribution in [0.25, 0.3) is 21.6 Å². The van der Waals surface area contributed by atoms with Gasteiger partial charge in [0.2, 0.25) is 17.7 Å². The maximum absolute atomic E-state index is 14.3. The molecular formula is C35H41N5O7S. The number of ether oxygens (including phenoxy) is 2. The summed E-state index contributed by atoms with van der Waals surface area (Å²) >= 11 is 1.49. The van der Waals surface area contributed by atoms with Gasteiger partial charge in [-0.25, -0.2) is 19.6 Å².